The van der Waals surface area contributed by atoms with E-state index in [0.717, 1.165) is 25.7 Å². The number of carbonyl (C=O) groups excluding carboxylic acids is 2. The number of hydrogen-bond donors (Lipinski definition) is 0. The molecule has 4 rings (SSSR count). The molecule has 4 aliphatic rings. The number of ether oxygens (including phenoxy) is 1. The molecule has 3 aliphatic heterocycles. The van der Waals surface area contributed by atoms with E-state index in [1.165, 1.54) is 4.31 Å². The first-order chi connectivity index (χ1) is 12.0. The van der Waals surface area contributed by atoms with Crippen molar-refractivity contribution >= 4 is 21.8 Å². The van der Waals surface area contributed by atoms with Gasteiger partial charge in [-0.3, -0.25) is 9.59 Å². The van der Waals surface area contributed by atoms with Gasteiger partial charge in [-0.25, -0.2) is 8.42 Å². The standard InChI is InChI=1S/C16H25N3O5S/c20-15(12-10-19(11-12)25(22,23)13-3-4-13)17-5-7-18(8-6-17)16(21)14-2-1-9-24-14/h12-14H,1-11H2. The molecule has 1 atom stereocenters. The van der Waals surface area contributed by atoms with Crippen molar-refractivity contribution in [1.82, 2.24) is 14.1 Å². The summed E-state index contributed by atoms with van der Waals surface area (Å²) in [6, 6.07) is 0. The normalized spacial score (nSPS) is 28.9. The second-order valence-corrected chi connectivity index (χ2v) is 9.62. The molecule has 0 bridgehead atoms. The Morgan fingerprint density at radius 1 is 0.880 bits per heavy atom. The van der Waals surface area contributed by atoms with Crippen molar-refractivity contribution in [2.24, 2.45) is 5.92 Å². The van der Waals surface area contributed by atoms with Crippen LogP contribution in [-0.2, 0) is 24.3 Å². The van der Waals surface area contributed by atoms with Gasteiger partial charge >= 0.3 is 0 Å². The highest BCUT2D eigenvalue weighted by molar-refractivity contribution is 7.90. The highest BCUT2D eigenvalue weighted by Crippen LogP contribution is 2.34. The maximum Gasteiger partial charge on any atom is 0.251 e. The van der Waals surface area contributed by atoms with Gasteiger partial charge in [0.1, 0.15) is 6.10 Å². The van der Waals surface area contributed by atoms with Crippen LogP contribution in [-0.4, -0.2) is 91.6 Å². The molecule has 8 nitrogen and oxygen atoms in total. The molecule has 0 spiro atoms. The van der Waals surface area contributed by atoms with Crippen LogP contribution in [0.1, 0.15) is 25.7 Å². The van der Waals surface area contributed by atoms with Gasteiger partial charge in [0.15, 0.2) is 0 Å². The molecule has 25 heavy (non-hydrogen) atoms. The monoisotopic (exact) mass is 371 g/mol. The van der Waals surface area contributed by atoms with E-state index in [9.17, 15) is 18.0 Å². The quantitative estimate of drug-likeness (QED) is 0.650. The maximum atomic E-state index is 12.5. The van der Waals surface area contributed by atoms with E-state index in [4.69, 9.17) is 4.74 Å². The molecule has 0 aromatic heterocycles. The Hall–Kier alpha value is -1.19. The summed E-state index contributed by atoms with van der Waals surface area (Å²) in [4.78, 5) is 28.4. The average molecular weight is 371 g/mol. The molecule has 1 saturated carbocycles. The lowest BCUT2D eigenvalue weighted by molar-refractivity contribution is -0.148. The van der Waals surface area contributed by atoms with Gasteiger partial charge in [0, 0.05) is 45.9 Å². The fraction of sp³-hybridized carbons (Fsp3) is 0.875. The number of nitrogens with zero attached hydrogens (tertiary/aromatic N) is 3. The molecule has 1 unspecified atom stereocenters. The van der Waals surface area contributed by atoms with E-state index < -0.39 is 10.0 Å². The third-order valence-electron chi connectivity index (χ3n) is 5.61. The van der Waals surface area contributed by atoms with Gasteiger partial charge in [-0.05, 0) is 25.7 Å². The summed E-state index contributed by atoms with van der Waals surface area (Å²) in [5.74, 6) is -0.171. The number of sulfonamides is 1. The van der Waals surface area contributed by atoms with E-state index in [0.29, 0.717) is 45.9 Å². The zero-order valence-corrected chi connectivity index (χ0v) is 15.1. The number of hydrogen-bond acceptors (Lipinski definition) is 5. The van der Waals surface area contributed by atoms with Crippen LogP contribution in [0.3, 0.4) is 0 Å². The number of piperazine rings is 1. The van der Waals surface area contributed by atoms with Crippen molar-refractivity contribution in [2.45, 2.75) is 37.0 Å². The molecule has 0 aromatic carbocycles. The summed E-state index contributed by atoms with van der Waals surface area (Å²) in [6.45, 7) is 3.37. The van der Waals surface area contributed by atoms with Crippen LogP contribution in [0.4, 0.5) is 0 Å². The molecule has 0 N–H and O–H groups in total. The first kappa shape index (κ1) is 17.2. The second-order valence-electron chi connectivity index (χ2n) is 7.41. The smallest absolute Gasteiger partial charge is 0.251 e. The average Bonchev–Trinajstić information content (AvgIpc) is 3.29. The number of rotatable bonds is 4. The van der Waals surface area contributed by atoms with Crippen LogP contribution in [0.25, 0.3) is 0 Å². The lowest BCUT2D eigenvalue weighted by atomic mass is 10.0. The van der Waals surface area contributed by atoms with Crippen molar-refractivity contribution < 1.29 is 22.7 Å². The third kappa shape index (κ3) is 3.29. The fourth-order valence-corrected chi connectivity index (χ4v) is 5.69. The fourth-order valence-electron chi connectivity index (χ4n) is 3.76. The zero-order chi connectivity index (χ0) is 17.6. The third-order valence-corrected chi connectivity index (χ3v) is 7.94. The molecular formula is C16H25N3O5S. The van der Waals surface area contributed by atoms with Crippen LogP contribution in [0.5, 0.6) is 0 Å². The van der Waals surface area contributed by atoms with Gasteiger partial charge in [0.2, 0.25) is 15.9 Å². The van der Waals surface area contributed by atoms with E-state index in [1.807, 2.05) is 0 Å². The topological polar surface area (TPSA) is 87.2 Å². The predicted molar refractivity (Wildman–Crippen MR) is 89.1 cm³/mol. The van der Waals surface area contributed by atoms with Gasteiger partial charge in [0.05, 0.1) is 11.2 Å². The van der Waals surface area contributed by atoms with E-state index >= 15 is 0 Å². The summed E-state index contributed by atoms with van der Waals surface area (Å²) in [5, 5.41) is -0.212. The summed E-state index contributed by atoms with van der Waals surface area (Å²) in [6.07, 6.45) is 2.90. The Kier molecular flexibility index (Phi) is 4.49. The van der Waals surface area contributed by atoms with Gasteiger partial charge < -0.3 is 14.5 Å². The molecule has 140 valence electrons. The highest BCUT2D eigenvalue weighted by Gasteiger charge is 2.48. The van der Waals surface area contributed by atoms with Crippen LogP contribution in [0, 0.1) is 5.92 Å². The van der Waals surface area contributed by atoms with Crippen molar-refractivity contribution in [3.05, 3.63) is 0 Å². The summed E-state index contributed by atoms with van der Waals surface area (Å²) < 4.78 is 31.1. The minimum Gasteiger partial charge on any atom is -0.368 e. The molecule has 0 aromatic rings. The Balaban J connectivity index is 1.24. The molecule has 4 fully saturated rings. The molecule has 3 saturated heterocycles. The summed E-state index contributed by atoms with van der Waals surface area (Å²) >= 11 is 0. The molecule has 3 heterocycles. The van der Waals surface area contributed by atoms with Crippen molar-refractivity contribution in [3.8, 4) is 0 Å². The van der Waals surface area contributed by atoms with Gasteiger partial charge in [-0.15, -0.1) is 0 Å². The number of carbonyl (C=O) groups is 2. The Labute approximate surface area is 148 Å². The largest absolute Gasteiger partial charge is 0.368 e. The van der Waals surface area contributed by atoms with E-state index in [2.05, 4.69) is 0 Å². The van der Waals surface area contributed by atoms with Gasteiger partial charge in [0.25, 0.3) is 5.91 Å². The van der Waals surface area contributed by atoms with Crippen LogP contribution in [0.2, 0.25) is 0 Å². The first-order valence-electron chi connectivity index (χ1n) is 9.15. The van der Waals surface area contributed by atoms with Crippen molar-refractivity contribution in [1.29, 1.82) is 0 Å². The zero-order valence-electron chi connectivity index (χ0n) is 14.3. The Bertz CT molecular complexity index is 643. The molecule has 2 amide bonds. The molecule has 0 radical (unpaired) electrons. The summed E-state index contributed by atoms with van der Waals surface area (Å²) in [5.41, 5.74) is 0. The predicted octanol–water partition coefficient (Wildman–Crippen LogP) is -0.740. The number of amides is 2. The second kappa shape index (κ2) is 6.51. The van der Waals surface area contributed by atoms with Gasteiger partial charge in [-0.2, -0.15) is 4.31 Å². The molecule has 9 heteroatoms. The first-order valence-corrected chi connectivity index (χ1v) is 10.7. The van der Waals surface area contributed by atoms with Crippen LogP contribution < -0.4 is 0 Å². The minimum atomic E-state index is -3.16. The highest BCUT2D eigenvalue weighted by atomic mass is 32.2. The lowest BCUT2D eigenvalue weighted by Crippen LogP contribution is -2.60. The molecule has 1 aliphatic carbocycles. The van der Waals surface area contributed by atoms with Crippen molar-refractivity contribution in [2.75, 3.05) is 45.9 Å². The molecular weight excluding hydrogens is 346 g/mol. The van der Waals surface area contributed by atoms with E-state index in [1.54, 1.807) is 9.80 Å². The SMILES string of the molecule is O=C(C1CN(S(=O)(=O)C2CC2)C1)N1CCN(C(=O)C2CCCO2)CC1. The van der Waals surface area contributed by atoms with E-state index in [-0.39, 0.29) is 29.1 Å². The maximum absolute atomic E-state index is 12.5. The minimum absolute atomic E-state index is 0.0199. The lowest BCUT2D eigenvalue weighted by Gasteiger charge is -2.42. The Morgan fingerprint density at radius 2 is 1.48 bits per heavy atom. The van der Waals surface area contributed by atoms with Gasteiger partial charge in [-0.1, -0.05) is 0 Å². The van der Waals surface area contributed by atoms with Crippen LogP contribution in [0.15, 0.2) is 0 Å². The summed E-state index contributed by atoms with van der Waals surface area (Å²) in [7, 11) is -3.16. The van der Waals surface area contributed by atoms with Crippen molar-refractivity contribution in [3.63, 3.8) is 0 Å². The van der Waals surface area contributed by atoms with Crippen LogP contribution >= 0.6 is 0 Å². The Morgan fingerprint density at radius 3 is 2.00 bits per heavy atom.